The number of hydrogen-bond donors (Lipinski definition) is 1. The van der Waals surface area contributed by atoms with Gasteiger partial charge in [0.05, 0.1) is 11.3 Å². The topological polar surface area (TPSA) is 117 Å². The molecule has 0 atom stereocenters. The fraction of sp³-hybridized carbons (Fsp3) is 0.222. The van der Waals surface area contributed by atoms with Crippen molar-refractivity contribution in [2.45, 2.75) is 12.8 Å². The number of aromatic nitrogens is 1. The average molecular weight is 257 g/mol. The molecule has 0 aliphatic heterocycles. The number of nitrogens with zero attached hydrogens (tertiary/aromatic N) is 3. The van der Waals surface area contributed by atoms with E-state index in [1.54, 1.807) is 0 Å². The second kappa shape index (κ2) is 5.13. The van der Waals surface area contributed by atoms with Gasteiger partial charge < -0.3 is 5.11 Å². The van der Waals surface area contributed by atoms with E-state index in [2.05, 4.69) is 4.98 Å². The molecule has 7 nitrogen and oxygen atoms in total. The molecule has 94 valence electrons. The molecule has 0 aromatic carbocycles. The molecule has 0 amide bonds. The molecule has 0 bridgehead atoms. The number of aliphatic carboxylic acids is 1. The molecule has 0 spiro atoms. The van der Waals surface area contributed by atoms with Gasteiger partial charge in [0.2, 0.25) is 0 Å². The normalized spacial score (nSPS) is 10.1. The fourth-order valence-corrected chi connectivity index (χ4v) is 1.26. The molecule has 1 rings (SSSR count). The third kappa shape index (κ3) is 2.73. The van der Waals surface area contributed by atoms with E-state index in [0.717, 1.165) is 0 Å². The van der Waals surface area contributed by atoms with Crippen LogP contribution in [0.3, 0.4) is 0 Å². The van der Waals surface area contributed by atoms with Crippen LogP contribution >= 0.6 is 0 Å². The van der Waals surface area contributed by atoms with E-state index in [9.17, 15) is 23.7 Å². The number of rotatable bonds is 4. The first-order valence-electron chi connectivity index (χ1n) is 4.45. The number of carboxylic acid groups (broad SMARTS) is 1. The van der Waals surface area contributed by atoms with E-state index < -0.39 is 40.8 Å². The molecule has 0 saturated carbocycles. The number of halogens is 2. The lowest BCUT2D eigenvalue weighted by atomic mass is 10.1. The second-order valence-electron chi connectivity index (χ2n) is 3.14. The molecule has 1 aromatic rings. The summed E-state index contributed by atoms with van der Waals surface area (Å²) in [5, 5.41) is 27.8. The number of pyridine rings is 1. The molecule has 1 heterocycles. The lowest BCUT2D eigenvalue weighted by Gasteiger charge is -2.05. The van der Waals surface area contributed by atoms with Crippen molar-refractivity contribution in [2.24, 2.45) is 0 Å². The van der Waals surface area contributed by atoms with Gasteiger partial charge in [-0.3, -0.25) is 14.9 Å². The van der Waals surface area contributed by atoms with Crippen LogP contribution in [0.5, 0.6) is 0 Å². The van der Waals surface area contributed by atoms with Crippen LogP contribution in [-0.4, -0.2) is 21.0 Å². The van der Waals surface area contributed by atoms with Gasteiger partial charge in [-0.25, -0.2) is 13.8 Å². The van der Waals surface area contributed by atoms with Crippen molar-refractivity contribution in [3.8, 4) is 6.07 Å². The predicted octanol–water partition coefficient (Wildman–Crippen LogP) is 1.43. The van der Waals surface area contributed by atoms with E-state index in [-0.39, 0.29) is 5.56 Å². The quantitative estimate of drug-likeness (QED) is 0.643. The van der Waals surface area contributed by atoms with Crippen molar-refractivity contribution in [3.63, 3.8) is 0 Å². The Hall–Kier alpha value is -2.63. The Morgan fingerprint density at radius 1 is 1.67 bits per heavy atom. The lowest BCUT2D eigenvalue weighted by molar-refractivity contribution is -0.386. The second-order valence-corrected chi connectivity index (χ2v) is 3.14. The highest BCUT2D eigenvalue weighted by molar-refractivity contribution is 5.71. The number of carbonyl (C=O) groups is 1. The van der Waals surface area contributed by atoms with Crippen molar-refractivity contribution in [3.05, 3.63) is 33.1 Å². The molecule has 1 N–H and O–H groups in total. The number of alkyl halides is 2. The first kappa shape index (κ1) is 13.4. The first-order chi connectivity index (χ1) is 8.36. The first-order valence-corrected chi connectivity index (χ1v) is 4.45. The van der Waals surface area contributed by atoms with E-state index in [0.29, 0.717) is 6.07 Å². The Morgan fingerprint density at radius 3 is 2.67 bits per heavy atom. The average Bonchev–Trinajstić information content (AvgIpc) is 2.27. The summed E-state index contributed by atoms with van der Waals surface area (Å²) >= 11 is 0. The minimum absolute atomic E-state index is 0.277. The van der Waals surface area contributed by atoms with Crippen LogP contribution in [0.2, 0.25) is 0 Å². The maximum atomic E-state index is 12.5. The Labute approximate surface area is 98.4 Å². The third-order valence-electron chi connectivity index (χ3n) is 1.96. The minimum atomic E-state index is -3.23. The standard InChI is InChI=1S/C9H5F2N3O4/c10-9(11)8-6(14(17)18)1-4(2-7(15)16)5(3-12)13-8/h1,9H,2H2,(H,15,16). The van der Waals surface area contributed by atoms with Gasteiger partial charge in [-0.2, -0.15) is 5.26 Å². The number of hydrogen-bond acceptors (Lipinski definition) is 5. The Morgan fingerprint density at radius 2 is 2.28 bits per heavy atom. The van der Waals surface area contributed by atoms with Crippen molar-refractivity contribution < 1.29 is 23.6 Å². The summed E-state index contributed by atoms with van der Waals surface area (Å²) in [5.74, 6) is -1.35. The van der Waals surface area contributed by atoms with Crippen LogP contribution in [0.1, 0.15) is 23.4 Å². The molecule has 9 heteroatoms. The zero-order chi connectivity index (χ0) is 13.9. The summed E-state index contributed by atoms with van der Waals surface area (Å²) in [6.07, 6.45) is -3.93. The van der Waals surface area contributed by atoms with Crippen molar-refractivity contribution in [1.82, 2.24) is 4.98 Å². The highest BCUT2D eigenvalue weighted by atomic mass is 19.3. The monoisotopic (exact) mass is 257 g/mol. The van der Waals surface area contributed by atoms with Gasteiger partial charge in [0.15, 0.2) is 5.69 Å². The zero-order valence-corrected chi connectivity index (χ0v) is 8.63. The molecule has 0 saturated heterocycles. The number of carboxylic acids is 1. The smallest absolute Gasteiger partial charge is 0.307 e. The van der Waals surface area contributed by atoms with Crippen LogP contribution < -0.4 is 0 Å². The van der Waals surface area contributed by atoms with Crippen molar-refractivity contribution >= 4 is 11.7 Å². The van der Waals surface area contributed by atoms with E-state index in [1.807, 2.05) is 0 Å². The maximum absolute atomic E-state index is 12.5. The van der Waals surface area contributed by atoms with E-state index in [1.165, 1.54) is 6.07 Å². The number of nitriles is 1. The Balaban J connectivity index is 3.47. The van der Waals surface area contributed by atoms with E-state index >= 15 is 0 Å². The van der Waals surface area contributed by atoms with Gasteiger partial charge in [-0.1, -0.05) is 0 Å². The third-order valence-corrected chi connectivity index (χ3v) is 1.96. The van der Waals surface area contributed by atoms with Gasteiger partial charge >= 0.3 is 5.97 Å². The van der Waals surface area contributed by atoms with Gasteiger partial charge in [-0.15, -0.1) is 0 Å². The Bertz CT molecular complexity index is 553. The largest absolute Gasteiger partial charge is 0.481 e. The molecule has 0 fully saturated rings. The van der Waals surface area contributed by atoms with Crippen LogP contribution in [0, 0.1) is 21.4 Å². The lowest BCUT2D eigenvalue weighted by Crippen LogP contribution is -2.08. The highest BCUT2D eigenvalue weighted by Crippen LogP contribution is 2.29. The summed E-state index contributed by atoms with van der Waals surface area (Å²) in [6.45, 7) is 0. The van der Waals surface area contributed by atoms with Crippen LogP contribution in [0.4, 0.5) is 14.5 Å². The van der Waals surface area contributed by atoms with Crippen molar-refractivity contribution in [2.75, 3.05) is 0 Å². The van der Waals surface area contributed by atoms with Gasteiger partial charge in [0.25, 0.3) is 12.1 Å². The molecule has 1 aromatic heterocycles. The van der Waals surface area contributed by atoms with E-state index in [4.69, 9.17) is 10.4 Å². The molecular formula is C9H5F2N3O4. The molecule has 0 aliphatic rings. The molecular weight excluding hydrogens is 252 g/mol. The van der Waals surface area contributed by atoms with Gasteiger partial charge in [0, 0.05) is 11.6 Å². The summed E-state index contributed by atoms with van der Waals surface area (Å²) in [5.41, 5.74) is -2.98. The Kier molecular flexibility index (Phi) is 3.83. The summed E-state index contributed by atoms with van der Waals surface area (Å²) < 4.78 is 25.0. The van der Waals surface area contributed by atoms with Crippen LogP contribution in [-0.2, 0) is 11.2 Å². The summed E-state index contributed by atoms with van der Waals surface area (Å²) in [7, 11) is 0. The van der Waals surface area contributed by atoms with Crippen molar-refractivity contribution in [1.29, 1.82) is 5.26 Å². The minimum Gasteiger partial charge on any atom is -0.481 e. The van der Waals surface area contributed by atoms with Crippen LogP contribution in [0.15, 0.2) is 6.07 Å². The molecule has 0 unspecified atom stereocenters. The highest BCUT2D eigenvalue weighted by Gasteiger charge is 2.26. The van der Waals surface area contributed by atoms with Crippen LogP contribution in [0.25, 0.3) is 0 Å². The maximum Gasteiger partial charge on any atom is 0.307 e. The molecule has 18 heavy (non-hydrogen) atoms. The summed E-state index contributed by atoms with van der Waals surface area (Å²) in [6, 6.07) is 2.07. The molecule has 0 radical (unpaired) electrons. The number of nitro groups is 1. The van der Waals surface area contributed by atoms with Gasteiger partial charge in [0.1, 0.15) is 11.8 Å². The zero-order valence-electron chi connectivity index (χ0n) is 8.63. The fourth-order valence-electron chi connectivity index (χ4n) is 1.26. The predicted molar refractivity (Wildman–Crippen MR) is 51.9 cm³/mol. The molecule has 0 aliphatic carbocycles. The van der Waals surface area contributed by atoms with Gasteiger partial charge in [-0.05, 0) is 0 Å². The summed E-state index contributed by atoms with van der Waals surface area (Å²) in [4.78, 5) is 23.1. The SMILES string of the molecule is N#Cc1nc(C(F)F)c([N+](=O)[O-])cc1CC(=O)O.